The highest BCUT2D eigenvalue weighted by Crippen LogP contribution is 2.16. The molecule has 0 spiro atoms. The Balaban J connectivity index is 2.45. The van der Waals surface area contributed by atoms with Gasteiger partial charge in [0.1, 0.15) is 5.75 Å². The van der Waals surface area contributed by atoms with Gasteiger partial charge in [-0.1, -0.05) is 25.5 Å². The molecule has 5 heteroatoms. The molecule has 0 aliphatic rings. The zero-order valence-corrected chi connectivity index (χ0v) is 10.8. The minimum Gasteiger partial charge on any atom is -0.397 e. The standard InChI is InChI=1S/C12H18N2O2S/c1-2-3-8-17(16)9-12(15)14-11-7-5-4-6-10(11)13/h4-7H,2-3,8-9,13H2,1H3,(H,14,15). The summed E-state index contributed by atoms with van der Waals surface area (Å²) in [4.78, 5) is 11.6. The SMILES string of the molecule is CCCCS(=O)CC(=O)Nc1ccccc1N. The molecule has 1 rings (SSSR count). The molecular formula is C12H18N2O2S. The van der Waals surface area contributed by atoms with E-state index in [1.165, 1.54) is 0 Å². The zero-order chi connectivity index (χ0) is 12.7. The molecule has 1 unspecified atom stereocenters. The monoisotopic (exact) mass is 254 g/mol. The summed E-state index contributed by atoms with van der Waals surface area (Å²) >= 11 is 0. The summed E-state index contributed by atoms with van der Waals surface area (Å²) in [6, 6.07) is 7.02. The number of carbonyl (C=O) groups excluding carboxylic acids is 1. The molecule has 0 aromatic heterocycles. The summed E-state index contributed by atoms with van der Waals surface area (Å²) in [6.45, 7) is 2.03. The quantitative estimate of drug-likeness (QED) is 0.760. The highest BCUT2D eigenvalue weighted by atomic mass is 32.2. The molecule has 1 atom stereocenters. The van der Waals surface area contributed by atoms with Crippen molar-refractivity contribution >= 4 is 28.1 Å². The number of nitrogens with two attached hydrogens (primary N) is 1. The first kappa shape index (κ1) is 13.7. The topological polar surface area (TPSA) is 72.2 Å². The number of hydrogen-bond acceptors (Lipinski definition) is 3. The van der Waals surface area contributed by atoms with Crippen LogP contribution in [0.25, 0.3) is 0 Å². The maximum absolute atomic E-state index is 11.6. The molecule has 0 bridgehead atoms. The first-order valence-electron chi connectivity index (χ1n) is 5.62. The summed E-state index contributed by atoms with van der Waals surface area (Å²) < 4.78 is 11.5. The third-order valence-corrected chi connectivity index (χ3v) is 3.58. The van der Waals surface area contributed by atoms with Crippen molar-refractivity contribution in [2.24, 2.45) is 0 Å². The second kappa shape index (κ2) is 7.06. The van der Waals surface area contributed by atoms with Crippen LogP contribution in [0.3, 0.4) is 0 Å². The van der Waals surface area contributed by atoms with E-state index in [4.69, 9.17) is 5.73 Å². The van der Waals surface area contributed by atoms with E-state index in [9.17, 15) is 9.00 Å². The molecule has 0 radical (unpaired) electrons. The summed E-state index contributed by atoms with van der Waals surface area (Å²) in [5.74, 6) is 0.361. The van der Waals surface area contributed by atoms with Gasteiger partial charge in [0, 0.05) is 16.6 Å². The van der Waals surface area contributed by atoms with E-state index in [1.807, 2.05) is 6.92 Å². The van der Waals surface area contributed by atoms with E-state index in [2.05, 4.69) is 5.32 Å². The lowest BCUT2D eigenvalue weighted by atomic mass is 10.3. The normalized spacial score (nSPS) is 12.1. The van der Waals surface area contributed by atoms with E-state index in [0.717, 1.165) is 12.8 Å². The molecule has 94 valence electrons. The Morgan fingerprint density at radius 1 is 1.41 bits per heavy atom. The second-order valence-corrected chi connectivity index (χ2v) is 5.35. The van der Waals surface area contributed by atoms with Gasteiger partial charge in [-0.15, -0.1) is 0 Å². The average molecular weight is 254 g/mol. The highest BCUT2D eigenvalue weighted by molar-refractivity contribution is 7.85. The smallest absolute Gasteiger partial charge is 0.237 e. The lowest BCUT2D eigenvalue weighted by Crippen LogP contribution is -2.21. The van der Waals surface area contributed by atoms with Crippen molar-refractivity contribution < 1.29 is 9.00 Å². The predicted octanol–water partition coefficient (Wildman–Crippen LogP) is 1.76. The van der Waals surface area contributed by atoms with Crippen LogP contribution in [-0.2, 0) is 15.6 Å². The van der Waals surface area contributed by atoms with Gasteiger partial charge in [-0.2, -0.15) is 0 Å². The maximum Gasteiger partial charge on any atom is 0.237 e. The fraction of sp³-hybridized carbons (Fsp3) is 0.417. The van der Waals surface area contributed by atoms with Crippen LogP contribution < -0.4 is 11.1 Å². The minimum atomic E-state index is -1.08. The lowest BCUT2D eigenvalue weighted by Gasteiger charge is -2.07. The van der Waals surface area contributed by atoms with Crippen LogP contribution in [0.15, 0.2) is 24.3 Å². The third-order valence-electron chi connectivity index (χ3n) is 2.25. The number of hydrogen-bond donors (Lipinski definition) is 2. The van der Waals surface area contributed by atoms with E-state index in [-0.39, 0.29) is 11.7 Å². The first-order valence-corrected chi connectivity index (χ1v) is 7.11. The van der Waals surface area contributed by atoms with Crippen LogP contribution >= 0.6 is 0 Å². The molecule has 0 aliphatic heterocycles. The highest BCUT2D eigenvalue weighted by Gasteiger charge is 2.08. The average Bonchev–Trinajstić information content (AvgIpc) is 2.29. The van der Waals surface area contributed by atoms with Crippen molar-refractivity contribution in [3.63, 3.8) is 0 Å². The third kappa shape index (κ3) is 4.99. The Labute approximate surface area is 104 Å². The second-order valence-electron chi connectivity index (χ2n) is 3.78. The molecule has 3 N–H and O–H groups in total. The van der Waals surface area contributed by atoms with Crippen molar-refractivity contribution in [1.82, 2.24) is 0 Å². The maximum atomic E-state index is 11.6. The Morgan fingerprint density at radius 2 is 2.12 bits per heavy atom. The van der Waals surface area contributed by atoms with Gasteiger partial charge in [-0.3, -0.25) is 9.00 Å². The molecule has 1 aromatic rings. The largest absolute Gasteiger partial charge is 0.397 e. The predicted molar refractivity (Wildman–Crippen MR) is 72.3 cm³/mol. The molecule has 1 amide bonds. The molecule has 4 nitrogen and oxygen atoms in total. The van der Waals surface area contributed by atoms with Crippen LogP contribution in [0.5, 0.6) is 0 Å². The van der Waals surface area contributed by atoms with Crippen molar-refractivity contribution in [2.75, 3.05) is 22.6 Å². The Hall–Kier alpha value is -1.36. The van der Waals surface area contributed by atoms with Gasteiger partial charge in [0.05, 0.1) is 11.4 Å². The Bertz CT molecular complexity index is 407. The summed E-state index contributed by atoms with van der Waals surface area (Å²) in [7, 11) is -1.08. The number of nitrogens with one attached hydrogen (secondary N) is 1. The van der Waals surface area contributed by atoms with Crippen molar-refractivity contribution in [2.45, 2.75) is 19.8 Å². The number of amides is 1. The van der Waals surface area contributed by atoms with E-state index in [1.54, 1.807) is 24.3 Å². The van der Waals surface area contributed by atoms with E-state index >= 15 is 0 Å². The van der Waals surface area contributed by atoms with Gasteiger partial charge < -0.3 is 11.1 Å². The Morgan fingerprint density at radius 3 is 2.76 bits per heavy atom. The molecular weight excluding hydrogens is 236 g/mol. The fourth-order valence-electron chi connectivity index (χ4n) is 1.32. The van der Waals surface area contributed by atoms with Gasteiger partial charge in [0.2, 0.25) is 5.91 Å². The Kier molecular flexibility index (Phi) is 5.69. The molecule has 0 saturated heterocycles. The number of para-hydroxylation sites is 2. The van der Waals surface area contributed by atoms with E-state index in [0.29, 0.717) is 17.1 Å². The number of benzene rings is 1. The van der Waals surface area contributed by atoms with Gasteiger partial charge in [-0.25, -0.2) is 0 Å². The summed E-state index contributed by atoms with van der Waals surface area (Å²) in [5.41, 5.74) is 6.78. The minimum absolute atomic E-state index is 0.0360. The van der Waals surface area contributed by atoms with E-state index < -0.39 is 10.8 Å². The number of carbonyl (C=O) groups is 1. The van der Waals surface area contributed by atoms with Crippen molar-refractivity contribution in [1.29, 1.82) is 0 Å². The fourth-order valence-corrected chi connectivity index (χ4v) is 2.44. The van der Waals surface area contributed by atoms with Gasteiger partial charge >= 0.3 is 0 Å². The number of nitrogen functional groups attached to an aromatic ring is 1. The number of anilines is 2. The first-order chi connectivity index (χ1) is 8.13. The van der Waals surface area contributed by atoms with Crippen LogP contribution in [0.1, 0.15) is 19.8 Å². The summed E-state index contributed by atoms with van der Waals surface area (Å²) in [5, 5.41) is 2.66. The van der Waals surface area contributed by atoms with Crippen LogP contribution in [0.4, 0.5) is 11.4 Å². The van der Waals surface area contributed by atoms with Gasteiger partial charge in [0.25, 0.3) is 0 Å². The van der Waals surface area contributed by atoms with Gasteiger partial charge in [-0.05, 0) is 18.6 Å². The van der Waals surface area contributed by atoms with Crippen LogP contribution in [0, 0.1) is 0 Å². The molecule has 17 heavy (non-hydrogen) atoms. The summed E-state index contributed by atoms with van der Waals surface area (Å²) in [6.07, 6.45) is 1.87. The lowest BCUT2D eigenvalue weighted by molar-refractivity contribution is -0.113. The molecule has 0 fully saturated rings. The number of rotatable bonds is 6. The zero-order valence-electron chi connectivity index (χ0n) is 9.94. The van der Waals surface area contributed by atoms with Crippen LogP contribution in [-0.4, -0.2) is 21.6 Å². The van der Waals surface area contributed by atoms with Crippen molar-refractivity contribution in [3.05, 3.63) is 24.3 Å². The van der Waals surface area contributed by atoms with Crippen molar-refractivity contribution in [3.8, 4) is 0 Å². The van der Waals surface area contributed by atoms with Crippen LogP contribution in [0.2, 0.25) is 0 Å². The molecule has 1 aromatic carbocycles. The molecule has 0 saturated carbocycles. The molecule has 0 heterocycles. The van der Waals surface area contributed by atoms with Gasteiger partial charge in [0.15, 0.2) is 0 Å². The number of unbranched alkanes of at least 4 members (excludes halogenated alkanes) is 1. The molecule has 0 aliphatic carbocycles.